The molecule has 0 saturated heterocycles. The zero-order valence-corrected chi connectivity index (χ0v) is 26.8. The zero-order chi connectivity index (χ0) is 34.5. The fourth-order valence-electron chi connectivity index (χ4n) is 4.75. The third-order valence-electron chi connectivity index (χ3n) is 7.32. The number of amides is 1. The lowest BCUT2D eigenvalue weighted by atomic mass is 10.0. The average molecular weight is 646 g/mol. The number of aromatic nitrogens is 2. The largest absolute Gasteiger partial charge is 0.490 e. The SMILES string of the molecule is CCc1ccc(-c2nc(-c3cc(C)c(OC[C@@H](O)CNC(=O)CO)c(CC)c3)no2)cc1C=O.CCc1ccc(C(=O)O)cc1C=O. The molecule has 4 rings (SSSR count). The Bertz CT molecular complexity index is 1710. The molecule has 0 saturated carbocycles. The van der Waals surface area contributed by atoms with Crippen LogP contribution in [0.2, 0.25) is 0 Å². The molecule has 1 amide bonds. The van der Waals surface area contributed by atoms with Crippen molar-refractivity contribution >= 4 is 24.4 Å². The van der Waals surface area contributed by atoms with Gasteiger partial charge in [0.2, 0.25) is 11.7 Å². The number of aromatic carboxylic acids is 1. The molecule has 1 atom stereocenters. The molecular weight excluding hydrogens is 606 g/mol. The van der Waals surface area contributed by atoms with Gasteiger partial charge in [0.05, 0.1) is 5.56 Å². The van der Waals surface area contributed by atoms with Crippen molar-refractivity contribution in [2.45, 2.75) is 53.1 Å². The smallest absolute Gasteiger partial charge is 0.335 e. The molecule has 0 aliphatic carbocycles. The standard InChI is InChI=1S/C25H29N3O6.C10H10O3/c1-4-16-6-7-18(10-20(16)12-29)25-27-24(28-34-25)19-8-15(3)23(17(5-2)9-19)33-14-21(31)11-26-22(32)13-30;1-2-7-3-4-8(10(12)13)5-9(7)6-11/h6-10,12,21,30-31H,4-5,11,13-14H2,1-3H3,(H,26,32);3-6H,2H2,1H3,(H,12,13)/t21-;/m0./s1. The van der Waals surface area contributed by atoms with Crippen LogP contribution in [-0.2, 0) is 24.1 Å². The third kappa shape index (κ3) is 9.65. The first-order valence-corrected chi connectivity index (χ1v) is 15.1. The lowest BCUT2D eigenvalue weighted by molar-refractivity contribution is -0.124. The summed E-state index contributed by atoms with van der Waals surface area (Å²) in [5.74, 6) is -0.181. The van der Waals surface area contributed by atoms with Crippen molar-refractivity contribution in [1.82, 2.24) is 15.5 Å². The lowest BCUT2D eigenvalue weighted by Crippen LogP contribution is -2.36. The van der Waals surface area contributed by atoms with Gasteiger partial charge in [-0.15, -0.1) is 0 Å². The quantitative estimate of drug-likeness (QED) is 0.143. The maximum atomic E-state index is 11.4. The molecule has 4 aromatic rings. The molecule has 0 aliphatic rings. The molecule has 0 unspecified atom stereocenters. The number of carboxylic acid groups (broad SMARTS) is 1. The molecule has 4 N–H and O–H groups in total. The van der Waals surface area contributed by atoms with E-state index in [2.05, 4.69) is 15.5 Å². The normalized spacial score (nSPS) is 11.2. The van der Waals surface area contributed by atoms with E-state index in [0.717, 1.165) is 46.9 Å². The molecule has 1 aromatic heterocycles. The van der Waals surface area contributed by atoms with Gasteiger partial charge in [-0.25, -0.2) is 4.79 Å². The van der Waals surface area contributed by atoms with Crippen molar-refractivity contribution < 1.29 is 43.8 Å². The lowest BCUT2D eigenvalue weighted by Gasteiger charge is -2.17. The molecule has 1 heterocycles. The molecule has 0 fully saturated rings. The Balaban J connectivity index is 0.000000386. The highest BCUT2D eigenvalue weighted by atomic mass is 16.5. The molecule has 3 aromatic carbocycles. The van der Waals surface area contributed by atoms with Crippen LogP contribution in [0.5, 0.6) is 5.75 Å². The summed E-state index contributed by atoms with van der Waals surface area (Å²) >= 11 is 0. The summed E-state index contributed by atoms with van der Waals surface area (Å²) in [6, 6.07) is 13.9. The van der Waals surface area contributed by atoms with Crippen molar-refractivity contribution in [1.29, 1.82) is 0 Å². The van der Waals surface area contributed by atoms with E-state index in [-0.39, 0.29) is 18.7 Å². The van der Waals surface area contributed by atoms with E-state index in [1.165, 1.54) is 12.1 Å². The van der Waals surface area contributed by atoms with Crippen LogP contribution in [-0.4, -0.2) is 75.8 Å². The highest BCUT2D eigenvalue weighted by Gasteiger charge is 2.17. The minimum Gasteiger partial charge on any atom is -0.490 e. The highest BCUT2D eigenvalue weighted by Crippen LogP contribution is 2.31. The number of nitrogens with one attached hydrogen (secondary N) is 1. The van der Waals surface area contributed by atoms with Gasteiger partial charge in [-0.2, -0.15) is 4.98 Å². The number of hydrogen-bond donors (Lipinski definition) is 4. The van der Waals surface area contributed by atoms with Crippen LogP contribution in [0, 0.1) is 6.92 Å². The summed E-state index contributed by atoms with van der Waals surface area (Å²) in [5.41, 5.74) is 6.22. The van der Waals surface area contributed by atoms with Gasteiger partial charge < -0.3 is 29.9 Å². The summed E-state index contributed by atoms with van der Waals surface area (Å²) in [6.45, 7) is 7.12. The summed E-state index contributed by atoms with van der Waals surface area (Å²) in [6.07, 6.45) is 2.75. The maximum Gasteiger partial charge on any atom is 0.335 e. The molecule has 248 valence electrons. The van der Waals surface area contributed by atoms with Crippen LogP contribution < -0.4 is 10.1 Å². The van der Waals surface area contributed by atoms with Crippen LogP contribution in [0.3, 0.4) is 0 Å². The minimum absolute atomic E-state index is 0.0158. The Morgan fingerprint density at radius 3 is 2.15 bits per heavy atom. The number of carbonyl (C=O) groups excluding carboxylic acids is 3. The van der Waals surface area contributed by atoms with Crippen LogP contribution in [0.15, 0.2) is 53.1 Å². The van der Waals surface area contributed by atoms with Crippen molar-refractivity contribution in [3.8, 4) is 28.6 Å². The number of nitrogens with zero attached hydrogens (tertiary/aromatic N) is 2. The van der Waals surface area contributed by atoms with E-state index < -0.39 is 24.6 Å². The van der Waals surface area contributed by atoms with E-state index in [9.17, 15) is 24.3 Å². The Kier molecular flexibility index (Phi) is 13.5. The summed E-state index contributed by atoms with van der Waals surface area (Å²) in [5, 5.41) is 34.0. The summed E-state index contributed by atoms with van der Waals surface area (Å²) in [7, 11) is 0. The molecule has 0 spiro atoms. The van der Waals surface area contributed by atoms with E-state index >= 15 is 0 Å². The number of hydrogen-bond acceptors (Lipinski definition) is 10. The molecular formula is C35H39N3O9. The number of benzene rings is 3. The summed E-state index contributed by atoms with van der Waals surface area (Å²) in [4.78, 5) is 48.1. The molecule has 0 bridgehead atoms. The van der Waals surface area contributed by atoms with Crippen LogP contribution >= 0.6 is 0 Å². The van der Waals surface area contributed by atoms with E-state index in [1.807, 2.05) is 52.0 Å². The van der Waals surface area contributed by atoms with Gasteiger partial charge in [0.25, 0.3) is 5.89 Å². The number of aryl methyl sites for hydroxylation is 4. The number of ether oxygens (including phenoxy) is 1. The number of aliphatic hydroxyl groups is 2. The van der Waals surface area contributed by atoms with Crippen molar-refractivity contribution in [3.63, 3.8) is 0 Å². The Hall–Kier alpha value is -5.20. The highest BCUT2D eigenvalue weighted by molar-refractivity contribution is 5.90. The zero-order valence-electron chi connectivity index (χ0n) is 26.8. The molecule has 0 radical (unpaired) electrons. The number of carboxylic acids is 1. The molecule has 47 heavy (non-hydrogen) atoms. The van der Waals surface area contributed by atoms with Gasteiger partial charge in [-0.05, 0) is 84.8 Å². The van der Waals surface area contributed by atoms with Crippen LogP contribution in [0.4, 0.5) is 0 Å². The Labute approximate surface area is 272 Å². The second-order valence-corrected chi connectivity index (χ2v) is 10.6. The second-order valence-electron chi connectivity index (χ2n) is 10.6. The van der Waals surface area contributed by atoms with E-state index in [4.69, 9.17) is 19.5 Å². The number of carbonyl (C=O) groups is 4. The fraction of sp³-hybridized carbons (Fsp3) is 0.314. The van der Waals surface area contributed by atoms with Gasteiger partial charge in [0.15, 0.2) is 0 Å². The van der Waals surface area contributed by atoms with Gasteiger partial charge in [-0.1, -0.05) is 38.1 Å². The maximum absolute atomic E-state index is 11.4. The molecule has 12 nitrogen and oxygen atoms in total. The van der Waals surface area contributed by atoms with Crippen LogP contribution in [0.25, 0.3) is 22.8 Å². The number of rotatable bonds is 14. The average Bonchev–Trinajstić information content (AvgIpc) is 3.59. The van der Waals surface area contributed by atoms with Crippen molar-refractivity contribution in [3.05, 3.63) is 87.5 Å². The summed E-state index contributed by atoms with van der Waals surface area (Å²) < 4.78 is 11.3. The first-order chi connectivity index (χ1) is 22.6. The van der Waals surface area contributed by atoms with Gasteiger partial charge in [0, 0.05) is 28.8 Å². The van der Waals surface area contributed by atoms with Gasteiger partial charge in [-0.3, -0.25) is 14.4 Å². The van der Waals surface area contributed by atoms with Gasteiger partial charge >= 0.3 is 5.97 Å². The predicted molar refractivity (Wildman–Crippen MR) is 174 cm³/mol. The fourth-order valence-corrected chi connectivity index (χ4v) is 4.75. The minimum atomic E-state index is -1.01. The topological polar surface area (TPSA) is 189 Å². The van der Waals surface area contributed by atoms with Gasteiger partial charge in [0.1, 0.15) is 37.6 Å². The van der Waals surface area contributed by atoms with E-state index in [0.29, 0.717) is 46.9 Å². The second kappa shape index (κ2) is 17.5. The Morgan fingerprint density at radius 1 is 0.915 bits per heavy atom. The molecule has 0 aliphatic heterocycles. The number of aliphatic hydroxyl groups excluding tert-OH is 2. The first-order valence-electron chi connectivity index (χ1n) is 15.1. The monoisotopic (exact) mass is 645 g/mol. The van der Waals surface area contributed by atoms with Crippen molar-refractivity contribution in [2.75, 3.05) is 19.8 Å². The first kappa shape index (κ1) is 36.3. The van der Waals surface area contributed by atoms with E-state index in [1.54, 1.807) is 12.1 Å². The number of aldehydes is 2. The third-order valence-corrected chi connectivity index (χ3v) is 7.32. The van der Waals surface area contributed by atoms with Crippen molar-refractivity contribution in [2.24, 2.45) is 0 Å². The predicted octanol–water partition coefficient (Wildman–Crippen LogP) is 4.26. The molecule has 12 heteroatoms. The van der Waals surface area contributed by atoms with Crippen LogP contribution in [0.1, 0.15) is 74.1 Å². The Morgan fingerprint density at radius 2 is 1.55 bits per heavy atom.